The van der Waals surface area contributed by atoms with Gasteiger partial charge in [0, 0.05) is 24.5 Å². The molecule has 2 rings (SSSR count). The molecule has 22 heavy (non-hydrogen) atoms. The molecule has 0 spiro atoms. The van der Waals surface area contributed by atoms with Gasteiger partial charge in [0.15, 0.2) is 5.78 Å². The van der Waals surface area contributed by atoms with Gasteiger partial charge in [-0.1, -0.05) is 0 Å². The van der Waals surface area contributed by atoms with Gasteiger partial charge in [0.25, 0.3) is 11.8 Å². The highest BCUT2D eigenvalue weighted by Gasteiger charge is 2.32. The van der Waals surface area contributed by atoms with Crippen molar-refractivity contribution < 1.29 is 28.8 Å². The van der Waals surface area contributed by atoms with Crippen LogP contribution in [0.3, 0.4) is 0 Å². The first-order valence-corrected chi connectivity index (χ1v) is 6.45. The van der Waals surface area contributed by atoms with Crippen LogP contribution in [0.1, 0.15) is 23.2 Å². The van der Waals surface area contributed by atoms with Crippen molar-refractivity contribution in [1.29, 1.82) is 0 Å². The molecule has 0 unspecified atom stereocenters. The normalized spacial score (nSPS) is 14.5. The third kappa shape index (κ3) is 3.57. The minimum absolute atomic E-state index is 0.0145. The van der Waals surface area contributed by atoms with E-state index >= 15 is 0 Å². The number of rotatable bonds is 5. The Labute approximate surface area is 126 Å². The topological polar surface area (TPSA) is 90.0 Å². The third-order valence-corrected chi connectivity index (χ3v) is 2.93. The van der Waals surface area contributed by atoms with Gasteiger partial charge >= 0.3 is 5.97 Å². The summed E-state index contributed by atoms with van der Waals surface area (Å²) in [6.45, 7) is 0. The van der Waals surface area contributed by atoms with Crippen LogP contribution >= 0.6 is 0 Å². The highest BCUT2D eigenvalue weighted by molar-refractivity contribution is 6.07. The van der Waals surface area contributed by atoms with Crippen LogP contribution in [0.4, 0.5) is 0 Å². The molecule has 7 heteroatoms. The molecule has 114 valence electrons. The Bertz CT molecular complexity index is 631. The lowest BCUT2D eigenvalue weighted by Gasteiger charge is -2.10. The maximum Gasteiger partial charge on any atom is 0.356 e. The van der Waals surface area contributed by atoms with Crippen LogP contribution in [0.15, 0.2) is 36.4 Å². The number of imide groups is 1. The second-order valence-corrected chi connectivity index (χ2v) is 4.42. The van der Waals surface area contributed by atoms with E-state index in [-0.39, 0.29) is 12.8 Å². The molecule has 1 fully saturated rings. The summed E-state index contributed by atoms with van der Waals surface area (Å²) in [5.41, 5.74) is 0.359. The number of amides is 2. The number of hydrogen-bond acceptors (Lipinski definition) is 6. The van der Waals surface area contributed by atoms with Crippen LogP contribution in [-0.4, -0.2) is 35.7 Å². The zero-order chi connectivity index (χ0) is 16.1. The average molecular weight is 303 g/mol. The summed E-state index contributed by atoms with van der Waals surface area (Å²) < 4.78 is 4.97. The monoisotopic (exact) mass is 303 g/mol. The Morgan fingerprint density at radius 1 is 1.05 bits per heavy atom. The van der Waals surface area contributed by atoms with Crippen molar-refractivity contribution in [2.75, 3.05) is 7.11 Å². The zero-order valence-electron chi connectivity index (χ0n) is 11.8. The van der Waals surface area contributed by atoms with Crippen LogP contribution in [0.2, 0.25) is 0 Å². The van der Waals surface area contributed by atoms with Crippen molar-refractivity contribution in [3.63, 3.8) is 0 Å². The standard InChI is InChI=1S/C15H13NO6/c1-21-11-4-2-10(3-5-11)12(17)6-9-15(20)22-16-13(18)7-8-14(16)19/h2-6,9H,7-8H2,1H3/b9-6+. The number of hydroxylamine groups is 2. The summed E-state index contributed by atoms with van der Waals surface area (Å²) in [5, 5.41) is 0.421. The van der Waals surface area contributed by atoms with Gasteiger partial charge in [0.05, 0.1) is 7.11 Å². The maximum atomic E-state index is 11.8. The van der Waals surface area contributed by atoms with Gasteiger partial charge in [-0.05, 0) is 30.3 Å². The van der Waals surface area contributed by atoms with E-state index in [0.717, 1.165) is 12.2 Å². The molecule has 0 N–H and O–H groups in total. The summed E-state index contributed by atoms with van der Waals surface area (Å²) in [5.74, 6) is -1.93. The number of methoxy groups -OCH3 is 1. The summed E-state index contributed by atoms with van der Waals surface area (Å²) in [6.07, 6.45) is 1.90. The van der Waals surface area contributed by atoms with Gasteiger partial charge in [-0.15, -0.1) is 5.06 Å². The van der Waals surface area contributed by atoms with E-state index in [0.29, 0.717) is 16.4 Å². The van der Waals surface area contributed by atoms with Crippen molar-refractivity contribution in [2.24, 2.45) is 0 Å². The fraction of sp³-hybridized carbons (Fsp3) is 0.200. The van der Waals surface area contributed by atoms with Crippen molar-refractivity contribution in [3.8, 4) is 5.75 Å². The van der Waals surface area contributed by atoms with Crippen LogP contribution in [0, 0.1) is 0 Å². The SMILES string of the molecule is COc1ccc(C(=O)/C=C/C(=O)ON2C(=O)CCC2=O)cc1. The number of benzene rings is 1. The second-order valence-electron chi connectivity index (χ2n) is 4.42. The summed E-state index contributed by atoms with van der Waals surface area (Å²) in [7, 11) is 1.51. The Hall–Kier alpha value is -2.96. The van der Waals surface area contributed by atoms with Gasteiger partial charge < -0.3 is 9.57 Å². The molecule has 0 saturated carbocycles. The molecule has 1 aromatic carbocycles. The first-order valence-electron chi connectivity index (χ1n) is 6.45. The van der Waals surface area contributed by atoms with Gasteiger partial charge in [-0.25, -0.2) is 4.79 Å². The zero-order valence-corrected chi connectivity index (χ0v) is 11.8. The van der Waals surface area contributed by atoms with E-state index in [1.807, 2.05) is 0 Å². The van der Waals surface area contributed by atoms with Gasteiger partial charge in [-0.2, -0.15) is 0 Å². The Morgan fingerprint density at radius 2 is 1.64 bits per heavy atom. The Balaban J connectivity index is 1.95. The van der Waals surface area contributed by atoms with E-state index in [1.54, 1.807) is 24.3 Å². The number of ether oxygens (including phenoxy) is 1. The molecule has 0 aliphatic carbocycles. The molecule has 0 radical (unpaired) electrons. The number of allylic oxidation sites excluding steroid dienone is 1. The minimum atomic E-state index is -0.967. The molecule has 1 aromatic rings. The first-order chi connectivity index (χ1) is 10.5. The lowest BCUT2D eigenvalue weighted by molar-refractivity contribution is -0.193. The number of nitrogens with zero attached hydrogens (tertiary/aromatic N) is 1. The molecular formula is C15H13NO6. The summed E-state index contributed by atoms with van der Waals surface area (Å²) >= 11 is 0. The van der Waals surface area contributed by atoms with Crippen molar-refractivity contribution in [1.82, 2.24) is 5.06 Å². The number of carbonyl (C=O) groups excluding carboxylic acids is 4. The molecule has 1 aliphatic rings. The fourth-order valence-corrected chi connectivity index (χ4v) is 1.77. The highest BCUT2D eigenvalue weighted by Crippen LogP contribution is 2.13. The fourth-order valence-electron chi connectivity index (χ4n) is 1.77. The Kier molecular flexibility index (Phi) is 4.67. The molecule has 1 heterocycles. The lowest BCUT2D eigenvalue weighted by atomic mass is 10.1. The van der Waals surface area contributed by atoms with Crippen LogP contribution in [0.25, 0.3) is 0 Å². The predicted molar refractivity (Wildman–Crippen MR) is 73.6 cm³/mol. The van der Waals surface area contributed by atoms with Gasteiger partial charge in [-0.3, -0.25) is 14.4 Å². The van der Waals surface area contributed by atoms with Gasteiger partial charge in [0.1, 0.15) is 5.75 Å². The largest absolute Gasteiger partial charge is 0.497 e. The Morgan fingerprint density at radius 3 is 2.18 bits per heavy atom. The van der Waals surface area contributed by atoms with Crippen LogP contribution in [-0.2, 0) is 19.2 Å². The molecule has 1 saturated heterocycles. The lowest BCUT2D eigenvalue weighted by Crippen LogP contribution is -2.31. The number of carbonyl (C=O) groups is 4. The summed E-state index contributed by atoms with van der Waals surface area (Å²) in [6, 6.07) is 6.32. The van der Waals surface area contributed by atoms with E-state index < -0.39 is 23.6 Å². The molecule has 0 atom stereocenters. The number of hydrogen-bond donors (Lipinski definition) is 0. The van der Waals surface area contributed by atoms with E-state index in [4.69, 9.17) is 4.74 Å². The minimum Gasteiger partial charge on any atom is -0.497 e. The molecular weight excluding hydrogens is 290 g/mol. The average Bonchev–Trinajstić information content (AvgIpc) is 2.84. The molecule has 7 nitrogen and oxygen atoms in total. The maximum absolute atomic E-state index is 11.8. The predicted octanol–water partition coefficient (Wildman–Crippen LogP) is 1.04. The highest BCUT2D eigenvalue weighted by atomic mass is 16.7. The van der Waals surface area contributed by atoms with E-state index in [2.05, 4.69) is 4.84 Å². The van der Waals surface area contributed by atoms with E-state index in [9.17, 15) is 19.2 Å². The molecule has 0 bridgehead atoms. The van der Waals surface area contributed by atoms with Crippen molar-refractivity contribution in [3.05, 3.63) is 42.0 Å². The number of ketones is 1. The molecule has 0 aromatic heterocycles. The van der Waals surface area contributed by atoms with Crippen LogP contribution in [0.5, 0.6) is 5.75 Å². The second kappa shape index (κ2) is 6.66. The summed E-state index contributed by atoms with van der Waals surface area (Å²) in [4.78, 5) is 50.5. The molecule has 2 amide bonds. The van der Waals surface area contributed by atoms with Crippen LogP contribution < -0.4 is 4.74 Å². The third-order valence-electron chi connectivity index (χ3n) is 2.93. The van der Waals surface area contributed by atoms with Gasteiger partial charge in [0.2, 0.25) is 0 Å². The van der Waals surface area contributed by atoms with Crippen molar-refractivity contribution >= 4 is 23.6 Å². The van der Waals surface area contributed by atoms with E-state index in [1.165, 1.54) is 7.11 Å². The first kappa shape index (κ1) is 15.4. The quantitative estimate of drug-likeness (QED) is 0.458. The molecule has 1 aliphatic heterocycles. The van der Waals surface area contributed by atoms with Crippen molar-refractivity contribution in [2.45, 2.75) is 12.8 Å². The smallest absolute Gasteiger partial charge is 0.356 e.